The van der Waals surface area contributed by atoms with Crippen LogP contribution < -0.4 is 4.74 Å². The first-order chi connectivity index (χ1) is 7.31. The van der Waals surface area contributed by atoms with Crippen molar-refractivity contribution >= 4 is 5.78 Å². The molecule has 0 saturated carbocycles. The summed E-state index contributed by atoms with van der Waals surface area (Å²) < 4.78 is 18.1. The molecule has 3 heteroatoms. The first-order valence-corrected chi connectivity index (χ1v) is 5.19. The van der Waals surface area contributed by atoms with Gasteiger partial charge in [-0.3, -0.25) is 4.79 Å². The van der Waals surface area contributed by atoms with Crippen LogP contribution in [-0.2, 0) is 0 Å². The maximum atomic E-state index is 13.2. The molecule has 0 radical (unpaired) electrons. The van der Waals surface area contributed by atoms with Crippen LogP contribution >= 0.6 is 0 Å². The zero-order valence-electron chi connectivity index (χ0n) is 10.1. The van der Waals surface area contributed by atoms with Gasteiger partial charge in [0.15, 0.2) is 5.78 Å². The van der Waals surface area contributed by atoms with Crippen LogP contribution in [0.4, 0.5) is 4.39 Å². The highest BCUT2D eigenvalue weighted by Gasteiger charge is 2.18. The molecule has 0 spiro atoms. The molecule has 0 N–H and O–H groups in total. The number of Topliss-reactive ketones (excluding diaryl/α,β-unsaturated/α-hetero) is 1. The highest BCUT2D eigenvalue weighted by molar-refractivity contribution is 5.96. The minimum atomic E-state index is -0.448. The second-order valence-corrected chi connectivity index (χ2v) is 5.04. The number of carbonyl (C=O) groups is 1. The van der Waals surface area contributed by atoms with Gasteiger partial charge in [0.05, 0.1) is 7.11 Å². The highest BCUT2D eigenvalue weighted by atomic mass is 19.1. The van der Waals surface area contributed by atoms with Crippen molar-refractivity contribution in [1.29, 1.82) is 0 Å². The molecule has 0 aromatic heterocycles. The largest absolute Gasteiger partial charge is 0.497 e. The molecule has 0 unspecified atom stereocenters. The van der Waals surface area contributed by atoms with Gasteiger partial charge in [-0.1, -0.05) is 20.8 Å². The van der Waals surface area contributed by atoms with Gasteiger partial charge in [-0.15, -0.1) is 0 Å². The summed E-state index contributed by atoms with van der Waals surface area (Å²) in [6, 6.07) is 4.07. The van der Waals surface area contributed by atoms with E-state index in [4.69, 9.17) is 4.74 Å². The highest BCUT2D eigenvalue weighted by Crippen LogP contribution is 2.24. The number of carbonyl (C=O) groups excluding carboxylic acids is 1. The van der Waals surface area contributed by atoms with Gasteiger partial charge >= 0.3 is 0 Å². The fourth-order valence-electron chi connectivity index (χ4n) is 1.43. The van der Waals surface area contributed by atoms with Crippen molar-refractivity contribution < 1.29 is 13.9 Å². The Morgan fingerprint density at radius 2 is 1.94 bits per heavy atom. The van der Waals surface area contributed by atoms with Crippen LogP contribution in [0.3, 0.4) is 0 Å². The summed E-state index contributed by atoms with van der Waals surface area (Å²) in [5.41, 5.74) is 0.267. The van der Waals surface area contributed by atoms with Crippen molar-refractivity contribution in [3.05, 3.63) is 29.6 Å². The van der Waals surface area contributed by atoms with Crippen molar-refractivity contribution in [3.8, 4) is 5.75 Å². The summed E-state index contributed by atoms with van der Waals surface area (Å²) in [7, 11) is 1.45. The van der Waals surface area contributed by atoms with Crippen LogP contribution in [0.25, 0.3) is 0 Å². The Morgan fingerprint density at radius 1 is 1.31 bits per heavy atom. The van der Waals surface area contributed by atoms with E-state index < -0.39 is 5.82 Å². The molecule has 88 valence electrons. The number of hydrogen-bond donors (Lipinski definition) is 0. The molecule has 0 bridgehead atoms. The molecule has 1 aromatic rings. The van der Waals surface area contributed by atoms with Crippen molar-refractivity contribution in [1.82, 2.24) is 0 Å². The van der Waals surface area contributed by atoms with Crippen molar-refractivity contribution in [2.24, 2.45) is 5.41 Å². The lowest BCUT2D eigenvalue weighted by Crippen LogP contribution is -2.13. The van der Waals surface area contributed by atoms with Crippen LogP contribution in [-0.4, -0.2) is 12.9 Å². The zero-order chi connectivity index (χ0) is 12.3. The Bertz CT molecular complexity index is 391. The lowest BCUT2D eigenvalue weighted by molar-refractivity contribution is 0.0939. The van der Waals surface area contributed by atoms with E-state index in [1.807, 2.05) is 20.8 Å². The van der Waals surface area contributed by atoms with Crippen molar-refractivity contribution in [3.63, 3.8) is 0 Å². The van der Waals surface area contributed by atoms with Crippen LogP contribution in [0.5, 0.6) is 5.75 Å². The number of ether oxygens (including phenoxy) is 1. The van der Waals surface area contributed by atoms with E-state index >= 15 is 0 Å². The number of benzene rings is 1. The molecule has 0 fully saturated rings. The molecule has 0 aliphatic heterocycles. The summed E-state index contributed by atoms with van der Waals surface area (Å²) in [5.74, 6) is -0.140. The van der Waals surface area contributed by atoms with E-state index in [1.165, 1.54) is 19.2 Å². The molecule has 0 saturated heterocycles. The zero-order valence-corrected chi connectivity index (χ0v) is 10.1. The summed E-state index contributed by atoms with van der Waals surface area (Å²) in [6.07, 6.45) is 0.388. The van der Waals surface area contributed by atoms with Crippen molar-refractivity contribution in [2.45, 2.75) is 27.2 Å². The molecule has 1 aromatic carbocycles. The van der Waals surface area contributed by atoms with Crippen LogP contribution in [0.15, 0.2) is 18.2 Å². The predicted molar refractivity (Wildman–Crippen MR) is 61.4 cm³/mol. The molecular weight excluding hydrogens is 207 g/mol. The molecular formula is C13H17FO2. The summed E-state index contributed by atoms with van der Waals surface area (Å²) in [5, 5.41) is 0. The smallest absolute Gasteiger partial charge is 0.163 e. The van der Waals surface area contributed by atoms with E-state index in [0.717, 1.165) is 0 Å². The monoisotopic (exact) mass is 224 g/mol. The molecule has 16 heavy (non-hydrogen) atoms. The SMILES string of the molecule is COc1cc(F)cc(C(=O)CC(C)(C)C)c1. The molecule has 2 nitrogen and oxygen atoms in total. The predicted octanol–water partition coefficient (Wildman–Crippen LogP) is 3.45. The lowest BCUT2D eigenvalue weighted by Gasteiger charge is -2.16. The Balaban J connectivity index is 2.95. The Labute approximate surface area is 95.4 Å². The number of halogens is 1. The van der Waals surface area contributed by atoms with E-state index in [9.17, 15) is 9.18 Å². The Kier molecular flexibility index (Phi) is 3.68. The van der Waals surface area contributed by atoms with E-state index in [2.05, 4.69) is 0 Å². The number of hydrogen-bond acceptors (Lipinski definition) is 2. The average molecular weight is 224 g/mol. The molecule has 0 aliphatic carbocycles. The van der Waals surface area contributed by atoms with Crippen LogP contribution in [0.2, 0.25) is 0 Å². The minimum Gasteiger partial charge on any atom is -0.497 e. The lowest BCUT2D eigenvalue weighted by atomic mass is 9.88. The molecule has 1 rings (SSSR count). The average Bonchev–Trinajstić information content (AvgIpc) is 2.14. The fraction of sp³-hybridized carbons (Fsp3) is 0.462. The standard InChI is InChI=1S/C13H17FO2/c1-13(2,3)8-12(15)9-5-10(14)7-11(6-9)16-4/h5-7H,8H2,1-4H3. The van der Waals surface area contributed by atoms with Gasteiger partial charge in [0.2, 0.25) is 0 Å². The third-order valence-corrected chi connectivity index (χ3v) is 2.12. The molecule has 0 atom stereocenters. The van der Waals surface area contributed by atoms with Gasteiger partial charge in [-0.25, -0.2) is 4.39 Å². The van der Waals surface area contributed by atoms with Gasteiger partial charge in [-0.2, -0.15) is 0 Å². The maximum absolute atomic E-state index is 13.2. The summed E-state index contributed by atoms with van der Waals surface area (Å²) in [6.45, 7) is 5.92. The van der Waals surface area contributed by atoms with E-state index in [-0.39, 0.29) is 11.2 Å². The molecule has 0 aliphatic rings. The van der Waals surface area contributed by atoms with Gasteiger partial charge < -0.3 is 4.74 Å². The van der Waals surface area contributed by atoms with Crippen LogP contribution in [0, 0.1) is 11.2 Å². The van der Waals surface area contributed by atoms with E-state index in [0.29, 0.717) is 17.7 Å². The normalized spacial score (nSPS) is 11.3. The summed E-state index contributed by atoms with van der Waals surface area (Å²) in [4.78, 5) is 11.9. The third kappa shape index (κ3) is 3.65. The third-order valence-electron chi connectivity index (χ3n) is 2.12. The number of methoxy groups -OCH3 is 1. The van der Waals surface area contributed by atoms with Gasteiger partial charge in [0.25, 0.3) is 0 Å². The maximum Gasteiger partial charge on any atom is 0.163 e. The topological polar surface area (TPSA) is 26.3 Å². The second kappa shape index (κ2) is 4.64. The first kappa shape index (κ1) is 12.7. The molecule has 0 heterocycles. The van der Waals surface area contributed by atoms with Gasteiger partial charge in [0.1, 0.15) is 11.6 Å². The minimum absolute atomic E-state index is 0.0645. The van der Waals surface area contributed by atoms with Crippen molar-refractivity contribution in [2.75, 3.05) is 7.11 Å². The molecule has 0 amide bonds. The van der Waals surface area contributed by atoms with Gasteiger partial charge in [0, 0.05) is 18.1 Å². The number of rotatable bonds is 3. The summed E-state index contributed by atoms with van der Waals surface area (Å²) >= 11 is 0. The van der Waals surface area contributed by atoms with Gasteiger partial charge in [-0.05, 0) is 17.5 Å². The quantitative estimate of drug-likeness (QED) is 0.735. The first-order valence-electron chi connectivity index (χ1n) is 5.19. The second-order valence-electron chi connectivity index (χ2n) is 5.04. The Hall–Kier alpha value is -1.38. The Morgan fingerprint density at radius 3 is 2.44 bits per heavy atom. The number of ketones is 1. The fourth-order valence-corrected chi connectivity index (χ4v) is 1.43. The van der Waals surface area contributed by atoms with Crippen LogP contribution in [0.1, 0.15) is 37.6 Å². The van der Waals surface area contributed by atoms with E-state index in [1.54, 1.807) is 6.07 Å².